The van der Waals surface area contributed by atoms with Gasteiger partial charge in [0.15, 0.2) is 0 Å². The van der Waals surface area contributed by atoms with Crippen LogP contribution in [0.2, 0.25) is 0 Å². The fourth-order valence-electron chi connectivity index (χ4n) is 1.93. The molecule has 0 unspecified atom stereocenters. The SMILES string of the molecule is O=C(/C=C/c1ccc(F)cc1)NCc1ccccc1OCCO. The van der Waals surface area contributed by atoms with Crippen molar-refractivity contribution in [3.05, 3.63) is 71.6 Å². The number of hydrogen-bond acceptors (Lipinski definition) is 3. The topological polar surface area (TPSA) is 58.6 Å². The molecule has 0 saturated heterocycles. The van der Waals surface area contributed by atoms with E-state index in [2.05, 4.69) is 5.32 Å². The van der Waals surface area contributed by atoms with Crippen LogP contribution < -0.4 is 10.1 Å². The van der Waals surface area contributed by atoms with Gasteiger partial charge in [-0.2, -0.15) is 0 Å². The number of ether oxygens (including phenoxy) is 1. The fraction of sp³-hybridized carbons (Fsp3) is 0.167. The molecule has 0 radical (unpaired) electrons. The zero-order valence-corrected chi connectivity index (χ0v) is 12.5. The molecule has 2 rings (SSSR count). The number of amides is 1. The normalized spacial score (nSPS) is 10.7. The quantitative estimate of drug-likeness (QED) is 0.772. The van der Waals surface area contributed by atoms with Gasteiger partial charge < -0.3 is 15.2 Å². The molecule has 0 spiro atoms. The average Bonchev–Trinajstić information content (AvgIpc) is 2.58. The van der Waals surface area contributed by atoms with Crippen LogP contribution in [0, 0.1) is 5.82 Å². The fourth-order valence-corrected chi connectivity index (χ4v) is 1.93. The van der Waals surface area contributed by atoms with Gasteiger partial charge in [-0.25, -0.2) is 4.39 Å². The highest BCUT2D eigenvalue weighted by molar-refractivity contribution is 5.91. The molecule has 23 heavy (non-hydrogen) atoms. The van der Waals surface area contributed by atoms with E-state index < -0.39 is 0 Å². The molecule has 0 aliphatic heterocycles. The first-order valence-electron chi connectivity index (χ1n) is 7.22. The zero-order chi connectivity index (χ0) is 16.5. The summed E-state index contributed by atoms with van der Waals surface area (Å²) in [5.41, 5.74) is 1.57. The van der Waals surface area contributed by atoms with E-state index in [0.29, 0.717) is 12.3 Å². The molecule has 0 fully saturated rings. The number of hydrogen-bond donors (Lipinski definition) is 2. The summed E-state index contributed by atoms with van der Waals surface area (Å²) < 4.78 is 18.2. The van der Waals surface area contributed by atoms with Gasteiger partial charge in [0.1, 0.15) is 18.2 Å². The molecule has 2 N–H and O–H groups in total. The molecular weight excluding hydrogens is 297 g/mol. The Kier molecular flexibility index (Phi) is 6.32. The molecule has 2 aromatic rings. The average molecular weight is 315 g/mol. The van der Waals surface area contributed by atoms with Crippen LogP contribution >= 0.6 is 0 Å². The van der Waals surface area contributed by atoms with Crippen molar-refractivity contribution >= 4 is 12.0 Å². The molecule has 1 amide bonds. The van der Waals surface area contributed by atoms with Gasteiger partial charge in [-0.15, -0.1) is 0 Å². The lowest BCUT2D eigenvalue weighted by Crippen LogP contribution is -2.20. The van der Waals surface area contributed by atoms with Gasteiger partial charge in [-0.3, -0.25) is 4.79 Å². The molecule has 0 saturated carbocycles. The second-order valence-corrected chi connectivity index (χ2v) is 4.78. The standard InChI is InChI=1S/C18H18FNO3/c19-16-8-5-14(6-9-16)7-10-18(22)20-13-15-3-1-2-4-17(15)23-12-11-21/h1-10,21H,11-13H2,(H,20,22)/b10-7+. The third kappa shape index (κ3) is 5.56. The number of rotatable bonds is 7. The molecule has 5 heteroatoms. The molecule has 0 aliphatic rings. The van der Waals surface area contributed by atoms with Crippen LogP contribution in [-0.4, -0.2) is 24.2 Å². The summed E-state index contributed by atoms with van der Waals surface area (Å²) in [6.45, 7) is 0.449. The highest BCUT2D eigenvalue weighted by atomic mass is 19.1. The predicted octanol–water partition coefficient (Wildman–Crippen LogP) is 2.53. The lowest BCUT2D eigenvalue weighted by atomic mass is 10.2. The molecular formula is C18H18FNO3. The smallest absolute Gasteiger partial charge is 0.244 e. The summed E-state index contributed by atoms with van der Waals surface area (Å²) in [5.74, 6) is 0.0572. The van der Waals surface area contributed by atoms with Crippen molar-refractivity contribution in [2.45, 2.75) is 6.54 Å². The van der Waals surface area contributed by atoms with Gasteiger partial charge in [0.25, 0.3) is 0 Å². The molecule has 0 aromatic heterocycles. The molecule has 2 aromatic carbocycles. The first-order chi connectivity index (χ1) is 11.2. The zero-order valence-electron chi connectivity index (χ0n) is 12.5. The minimum Gasteiger partial charge on any atom is -0.491 e. The molecule has 0 aliphatic carbocycles. The Balaban J connectivity index is 1.90. The third-order valence-electron chi connectivity index (χ3n) is 3.07. The van der Waals surface area contributed by atoms with Crippen molar-refractivity contribution in [2.24, 2.45) is 0 Å². The second kappa shape index (κ2) is 8.70. The number of aliphatic hydroxyl groups is 1. The van der Waals surface area contributed by atoms with Crippen LogP contribution in [0.4, 0.5) is 4.39 Å². The number of nitrogens with one attached hydrogen (secondary N) is 1. The summed E-state index contributed by atoms with van der Waals surface area (Å²) >= 11 is 0. The van der Waals surface area contributed by atoms with Gasteiger partial charge in [-0.1, -0.05) is 30.3 Å². The van der Waals surface area contributed by atoms with Crippen molar-refractivity contribution in [1.82, 2.24) is 5.32 Å². The van der Waals surface area contributed by atoms with E-state index in [1.807, 2.05) is 18.2 Å². The van der Waals surface area contributed by atoms with Gasteiger partial charge in [0, 0.05) is 18.2 Å². The Hall–Kier alpha value is -2.66. The van der Waals surface area contributed by atoms with Crippen LogP contribution in [-0.2, 0) is 11.3 Å². The van der Waals surface area contributed by atoms with Crippen molar-refractivity contribution in [3.63, 3.8) is 0 Å². The Morgan fingerprint density at radius 1 is 1.17 bits per heavy atom. The predicted molar refractivity (Wildman–Crippen MR) is 86.3 cm³/mol. The van der Waals surface area contributed by atoms with Crippen LogP contribution in [0.25, 0.3) is 6.08 Å². The van der Waals surface area contributed by atoms with Crippen molar-refractivity contribution in [1.29, 1.82) is 0 Å². The summed E-state index contributed by atoms with van der Waals surface area (Å²) in [6, 6.07) is 13.2. The minimum absolute atomic E-state index is 0.0684. The summed E-state index contributed by atoms with van der Waals surface area (Å²) in [4.78, 5) is 11.8. The number of para-hydroxylation sites is 1. The number of benzene rings is 2. The maximum absolute atomic E-state index is 12.8. The molecule has 0 bridgehead atoms. The van der Waals surface area contributed by atoms with Crippen LogP contribution in [0.3, 0.4) is 0 Å². The third-order valence-corrected chi connectivity index (χ3v) is 3.07. The van der Waals surface area contributed by atoms with Gasteiger partial charge in [0.05, 0.1) is 6.61 Å². The second-order valence-electron chi connectivity index (χ2n) is 4.78. The Bertz CT molecular complexity index is 668. The van der Waals surface area contributed by atoms with Crippen molar-refractivity contribution in [3.8, 4) is 5.75 Å². The van der Waals surface area contributed by atoms with Crippen LogP contribution in [0.1, 0.15) is 11.1 Å². The van der Waals surface area contributed by atoms with E-state index in [0.717, 1.165) is 11.1 Å². The largest absolute Gasteiger partial charge is 0.491 e. The monoisotopic (exact) mass is 315 g/mol. The highest BCUT2D eigenvalue weighted by Crippen LogP contribution is 2.17. The number of aliphatic hydroxyl groups excluding tert-OH is 1. The van der Waals surface area contributed by atoms with E-state index in [9.17, 15) is 9.18 Å². The Morgan fingerprint density at radius 3 is 2.65 bits per heavy atom. The molecule has 4 nitrogen and oxygen atoms in total. The summed E-state index contributed by atoms with van der Waals surface area (Å²) in [5, 5.41) is 11.6. The van der Waals surface area contributed by atoms with E-state index in [1.54, 1.807) is 24.3 Å². The summed E-state index contributed by atoms with van der Waals surface area (Å²) in [6.07, 6.45) is 3.01. The van der Waals surface area contributed by atoms with Gasteiger partial charge in [-0.05, 0) is 29.8 Å². The lowest BCUT2D eigenvalue weighted by molar-refractivity contribution is -0.116. The maximum atomic E-state index is 12.8. The van der Waals surface area contributed by atoms with E-state index in [1.165, 1.54) is 18.2 Å². The van der Waals surface area contributed by atoms with Gasteiger partial charge >= 0.3 is 0 Å². The Morgan fingerprint density at radius 2 is 1.91 bits per heavy atom. The number of carbonyl (C=O) groups excluding carboxylic acids is 1. The Labute approximate surface area is 134 Å². The van der Waals surface area contributed by atoms with Gasteiger partial charge in [0.2, 0.25) is 5.91 Å². The van der Waals surface area contributed by atoms with E-state index in [4.69, 9.17) is 9.84 Å². The first kappa shape index (κ1) is 16.7. The first-order valence-corrected chi connectivity index (χ1v) is 7.22. The van der Waals surface area contributed by atoms with Crippen molar-refractivity contribution < 1.29 is 19.0 Å². The van der Waals surface area contributed by atoms with Crippen LogP contribution in [0.15, 0.2) is 54.6 Å². The molecule has 0 atom stereocenters. The molecule has 120 valence electrons. The molecule has 0 heterocycles. The highest BCUT2D eigenvalue weighted by Gasteiger charge is 2.04. The van der Waals surface area contributed by atoms with Crippen LogP contribution in [0.5, 0.6) is 5.75 Å². The number of halogens is 1. The maximum Gasteiger partial charge on any atom is 0.244 e. The number of carbonyl (C=O) groups is 1. The van der Waals surface area contributed by atoms with E-state index in [-0.39, 0.29) is 24.9 Å². The lowest BCUT2D eigenvalue weighted by Gasteiger charge is -2.10. The van der Waals surface area contributed by atoms with E-state index >= 15 is 0 Å². The van der Waals surface area contributed by atoms with Crippen molar-refractivity contribution in [2.75, 3.05) is 13.2 Å². The minimum atomic E-state index is -0.314. The summed E-state index contributed by atoms with van der Waals surface area (Å²) in [7, 11) is 0.